The summed E-state index contributed by atoms with van der Waals surface area (Å²) in [7, 11) is -4.28. The van der Waals surface area contributed by atoms with E-state index in [1.54, 1.807) is 0 Å². The molecule has 210 valence electrons. The molecule has 1 heterocycles. The summed E-state index contributed by atoms with van der Waals surface area (Å²) in [6.07, 6.45) is -11.6. The van der Waals surface area contributed by atoms with E-state index >= 15 is 0 Å². The van der Waals surface area contributed by atoms with Crippen LogP contribution in [0.2, 0.25) is 0 Å². The Labute approximate surface area is 219 Å². The minimum absolute atomic E-state index is 0.0371. The van der Waals surface area contributed by atoms with Gasteiger partial charge in [0, 0.05) is 36.2 Å². The van der Waals surface area contributed by atoms with Gasteiger partial charge in [-0.25, -0.2) is 17.2 Å². The third-order valence-corrected chi connectivity index (χ3v) is 11.1. The molecule has 38 heavy (non-hydrogen) atoms. The molecule has 0 N–H and O–H groups in total. The second-order valence-corrected chi connectivity index (χ2v) is 13.0. The van der Waals surface area contributed by atoms with Crippen LogP contribution in [0.4, 0.5) is 35.1 Å². The molecule has 1 aliphatic carbocycles. The quantitative estimate of drug-likeness (QED) is 0.286. The molecule has 4 rings (SSSR count). The maximum absolute atomic E-state index is 14.6. The van der Waals surface area contributed by atoms with Gasteiger partial charge in [0.1, 0.15) is 10.6 Å². The average molecular weight is 588 g/mol. The van der Waals surface area contributed by atoms with Crippen LogP contribution in [0.5, 0.6) is 0 Å². The van der Waals surface area contributed by atoms with Crippen LogP contribution < -0.4 is 0 Å². The van der Waals surface area contributed by atoms with Gasteiger partial charge >= 0.3 is 18.0 Å². The Bertz CT molecular complexity index is 1200. The van der Waals surface area contributed by atoms with Gasteiger partial charge in [0.2, 0.25) is 0 Å². The molecular weight excluding hydrogens is 562 g/mol. The minimum atomic E-state index is -6.28. The minimum Gasteiger partial charge on any atom is -0.299 e. The second-order valence-electron chi connectivity index (χ2n) is 9.56. The van der Waals surface area contributed by atoms with Gasteiger partial charge < -0.3 is 0 Å². The fraction of sp³-hybridized carbons (Fsp3) is 0.520. The normalized spacial score (nSPS) is 24.4. The third kappa shape index (κ3) is 4.94. The average Bonchev–Trinajstić information content (AvgIpc) is 2.88. The molecule has 2 fully saturated rings. The van der Waals surface area contributed by atoms with Crippen molar-refractivity contribution in [3.05, 3.63) is 65.5 Å². The van der Waals surface area contributed by atoms with Crippen molar-refractivity contribution in [2.45, 2.75) is 59.4 Å². The van der Waals surface area contributed by atoms with Gasteiger partial charge in [0.05, 0.1) is 4.90 Å². The summed E-state index contributed by atoms with van der Waals surface area (Å²) in [5.74, 6) is 1.19. The summed E-state index contributed by atoms with van der Waals surface area (Å²) in [6, 6.07) is 6.53. The van der Waals surface area contributed by atoms with E-state index in [-0.39, 0.29) is 29.3 Å². The topological polar surface area (TPSA) is 37.4 Å². The van der Waals surface area contributed by atoms with E-state index in [1.165, 1.54) is 0 Å². The zero-order valence-electron chi connectivity index (χ0n) is 20.0. The van der Waals surface area contributed by atoms with Crippen LogP contribution in [-0.2, 0) is 20.3 Å². The van der Waals surface area contributed by atoms with Gasteiger partial charge in [0.25, 0.3) is 0 Å². The first kappa shape index (κ1) is 29.1. The maximum atomic E-state index is 14.6. The van der Waals surface area contributed by atoms with Crippen molar-refractivity contribution in [3.8, 4) is 0 Å². The van der Waals surface area contributed by atoms with Crippen LogP contribution in [0.3, 0.4) is 0 Å². The zero-order chi connectivity index (χ0) is 28.0. The summed E-state index contributed by atoms with van der Waals surface area (Å²) >= 11 is 1.81. The lowest BCUT2D eigenvalue weighted by Gasteiger charge is -2.44. The van der Waals surface area contributed by atoms with E-state index in [1.807, 2.05) is 11.8 Å². The fourth-order valence-electron chi connectivity index (χ4n) is 5.42. The van der Waals surface area contributed by atoms with Crippen LogP contribution in [0.15, 0.2) is 53.4 Å². The number of hydrogen-bond acceptors (Lipinski definition) is 4. The second kappa shape index (κ2) is 10.3. The van der Waals surface area contributed by atoms with Gasteiger partial charge in [-0.3, -0.25) is 4.90 Å². The molecule has 1 saturated carbocycles. The molecule has 2 aromatic rings. The number of rotatable bonds is 5. The summed E-state index contributed by atoms with van der Waals surface area (Å²) < 4.78 is 134. The van der Waals surface area contributed by atoms with E-state index < -0.39 is 44.0 Å². The van der Waals surface area contributed by atoms with Crippen LogP contribution >= 0.6 is 11.8 Å². The summed E-state index contributed by atoms with van der Waals surface area (Å²) in [5.41, 5.74) is -7.34. The van der Waals surface area contributed by atoms with Crippen molar-refractivity contribution in [2.75, 3.05) is 24.6 Å². The van der Waals surface area contributed by atoms with Crippen LogP contribution in [0, 0.1) is 5.82 Å². The Morgan fingerprint density at radius 2 is 1.29 bits per heavy atom. The van der Waals surface area contributed by atoms with Gasteiger partial charge in [-0.1, -0.05) is 24.3 Å². The third-order valence-electron chi connectivity index (χ3n) is 7.55. The molecule has 0 radical (unpaired) electrons. The van der Waals surface area contributed by atoms with Crippen molar-refractivity contribution in [1.29, 1.82) is 0 Å². The van der Waals surface area contributed by atoms with Crippen LogP contribution in [0.1, 0.15) is 36.8 Å². The number of nitrogens with zero attached hydrogens (tertiary/aromatic N) is 1. The first-order chi connectivity index (χ1) is 17.6. The smallest absolute Gasteiger partial charge is 0.299 e. The van der Waals surface area contributed by atoms with Crippen molar-refractivity contribution in [3.63, 3.8) is 0 Å². The van der Waals surface area contributed by atoms with E-state index in [0.29, 0.717) is 25.0 Å². The van der Waals surface area contributed by atoms with Crippen molar-refractivity contribution < 1.29 is 43.5 Å². The zero-order valence-corrected chi connectivity index (χ0v) is 21.6. The Kier molecular flexibility index (Phi) is 7.88. The Morgan fingerprint density at radius 3 is 1.76 bits per heavy atom. The molecule has 2 aromatic carbocycles. The molecule has 0 bridgehead atoms. The highest BCUT2D eigenvalue weighted by Crippen LogP contribution is 2.54. The molecule has 3 nitrogen and oxygen atoms in total. The predicted molar refractivity (Wildman–Crippen MR) is 128 cm³/mol. The number of benzene rings is 2. The van der Waals surface area contributed by atoms with Crippen molar-refractivity contribution in [1.82, 2.24) is 4.90 Å². The predicted octanol–water partition coefficient (Wildman–Crippen LogP) is 6.78. The summed E-state index contributed by atoms with van der Waals surface area (Å²) in [4.78, 5) is 2.04. The molecule has 1 saturated heterocycles. The first-order valence-electron chi connectivity index (χ1n) is 11.9. The molecule has 0 unspecified atom stereocenters. The molecule has 1 aliphatic heterocycles. The molecule has 0 atom stereocenters. The van der Waals surface area contributed by atoms with Crippen LogP contribution in [-0.4, -0.2) is 56.3 Å². The molecule has 0 aromatic heterocycles. The lowest BCUT2D eigenvalue weighted by atomic mass is 9.79. The van der Waals surface area contributed by atoms with E-state index in [2.05, 4.69) is 4.90 Å². The Hall–Kier alpha value is -1.86. The SMILES string of the molecule is O=S(=O)(c1ccc(F)cc1)C1(c2ccc(C(F)(C(F)(F)F)C(F)(F)F)cc2)CCC(N2CCSCC2)CC1. The summed E-state index contributed by atoms with van der Waals surface area (Å²) in [6.45, 7) is 1.66. The number of halogens is 8. The highest BCUT2D eigenvalue weighted by atomic mass is 32.2. The van der Waals surface area contributed by atoms with Crippen LogP contribution in [0.25, 0.3) is 0 Å². The van der Waals surface area contributed by atoms with Gasteiger partial charge in [-0.2, -0.15) is 38.1 Å². The van der Waals surface area contributed by atoms with E-state index in [4.69, 9.17) is 0 Å². The van der Waals surface area contributed by atoms with Gasteiger partial charge in [-0.15, -0.1) is 0 Å². The number of hydrogen-bond donors (Lipinski definition) is 0. The van der Waals surface area contributed by atoms with Gasteiger partial charge in [-0.05, 0) is 55.5 Å². The van der Waals surface area contributed by atoms with Gasteiger partial charge in [0.15, 0.2) is 9.84 Å². The maximum Gasteiger partial charge on any atom is 0.435 e. The molecule has 13 heteroatoms. The number of sulfone groups is 1. The molecule has 0 spiro atoms. The van der Waals surface area contributed by atoms with Crippen molar-refractivity contribution in [2.24, 2.45) is 0 Å². The van der Waals surface area contributed by atoms with E-state index in [9.17, 15) is 43.5 Å². The largest absolute Gasteiger partial charge is 0.435 e. The Balaban J connectivity index is 1.76. The molecule has 0 amide bonds. The Morgan fingerprint density at radius 1 is 0.789 bits per heavy atom. The van der Waals surface area contributed by atoms with Crippen molar-refractivity contribution >= 4 is 21.6 Å². The number of alkyl halides is 7. The standard InChI is InChI=1S/C25H25F8NO2S2/c26-19-5-7-21(8-6-19)38(35,36)22(11-9-20(10-12-22)34-13-15-37-16-14-34)17-1-3-18(4-2-17)23(27,24(28,29)30)25(31,32)33/h1-8,20H,9-16H2. The monoisotopic (exact) mass is 587 g/mol. The molecular formula is C25H25F8NO2S2. The lowest BCUT2D eigenvalue weighted by molar-refractivity contribution is -0.348. The summed E-state index contributed by atoms with van der Waals surface area (Å²) in [5, 5.41) is 0. The number of thioether (sulfide) groups is 1. The first-order valence-corrected chi connectivity index (χ1v) is 14.5. The fourth-order valence-corrected chi connectivity index (χ4v) is 8.52. The molecule has 2 aliphatic rings. The highest BCUT2D eigenvalue weighted by molar-refractivity contribution is 7.99. The highest BCUT2D eigenvalue weighted by Gasteiger charge is 2.73. The lowest BCUT2D eigenvalue weighted by Crippen LogP contribution is -2.50. The van der Waals surface area contributed by atoms with E-state index in [0.717, 1.165) is 61.0 Å².